The van der Waals surface area contributed by atoms with Crippen LogP contribution in [0.5, 0.6) is 11.8 Å². The molecule has 3 aromatic carbocycles. The summed E-state index contributed by atoms with van der Waals surface area (Å²) in [6, 6.07) is 4.98. The Morgan fingerprint density at radius 2 is 1.85 bits per heavy atom. The predicted molar refractivity (Wildman–Crippen MR) is 186 cm³/mol. The van der Waals surface area contributed by atoms with Gasteiger partial charge in [-0.3, -0.25) is 9.58 Å². The predicted octanol–water partition coefficient (Wildman–Crippen LogP) is 6.50. The molecule has 3 aliphatic heterocycles. The number of anilines is 1. The minimum Gasteiger partial charge on any atom is -0.508 e. The van der Waals surface area contributed by atoms with Crippen LogP contribution in [0.15, 0.2) is 42.1 Å². The van der Waals surface area contributed by atoms with Crippen LogP contribution < -0.4 is 15.0 Å². The van der Waals surface area contributed by atoms with Gasteiger partial charge in [0.2, 0.25) is 0 Å². The summed E-state index contributed by atoms with van der Waals surface area (Å²) in [6.07, 6.45) is 6.94. The Bertz CT molecular complexity index is 2420. The lowest BCUT2D eigenvalue weighted by molar-refractivity contribution is 0.0257. The molecular weight excluding hydrogens is 700 g/mol. The number of aromatic hydroxyl groups is 1. The van der Waals surface area contributed by atoms with Crippen molar-refractivity contribution in [2.45, 2.75) is 43.7 Å². The summed E-state index contributed by atoms with van der Waals surface area (Å²) in [6.45, 7) is 0.701. The fourth-order valence-electron chi connectivity index (χ4n) is 8.69. The van der Waals surface area contributed by atoms with Crippen LogP contribution in [0.25, 0.3) is 43.7 Å². The number of aromatic nitrogens is 4. The van der Waals surface area contributed by atoms with E-state index in [0.717, 1.165) is 12.8 Å². The normalized spacial score (nSPS) is 23.7. The number of hydrogen-bond donors (Lipinski definition) is 2. The van der Waals surface area contributed by atoms with Crippen LogP contribution in [0.4, 0.5) is 32.2 Å². The maximum atomic E-state index is 17.6. The summed E-state index contributed by atoms with van der Waals surface area (Å²) >= 11 is 0. The van der Waals surface area contributed by atoms with Gasteiger partial charge < -0.3 is 20.1 Å². The molecule has 0 unspecified atom stereocenters. The Hall–Kier alpha value is -5.07. The summed E-state index contributed by atoms with van der Waals surface area (Å²) in [7, 11) is 1.67. The first kappa shape index (κ1) is 33.7. The second kappa shape index (κ2) is 12.0. The topological polar surface area (TPSA) is 91.6 Å². The minimum atomic E-state index is -3.12. The number of ether oxygens (including phenoxy) is 1. The molecule has 9 nitrogen and oxygen atoms in total. The molecule has 2 N–H and O–H groups in total. The molecule has 3 saturated heterocycles. The lowest BCUT2D eigenvalue weighted by atomic mass is 9.91. The quantitative estimate of drug-likeness (QED) is 0.145. The van der Waals surface area contributed by atoms with Crippen molar-refractivity contribution in [2.75, 3.05) is 44.2 Å². The summed E-state index contributed by atoms with van der Waals surface area (Å²) < 4.78 is 96.9. The summed E-state index contributed by atoms with van der Waals surface area (Å²) in [5, 5.41) is 20.2. The molecule has 5 heterocycles. The second-order valence-electron chi connectivity index (χ2n) is 14.7. The molecule has 4 aliphatic rings. The van der Waals surface area contributed by atoms with Gasteiger partial charge in [-0.05, 0) is 48.4 Å². The number of phenolic OH excluding ortho intramolecular Hbond substituents is 1. The number of terminal acetylenes is 1. The molecule has 2 bridgehead atoms. The number of hydrogen-bond acceptors (Lipinski definition) is 8. The number of benzene rings is 3. The van der Waals surface area contributed by atoms with Crippen molar-refractivity contribution < 1.29 is 36.2 Å². The highest BCUT2D eigenvalue weighted by Crippen LogP contribution is 2.61. The molecule has 9 rings (SSSR count). The number of fused-ring (bicyclic) bond motifs is 6. The van der Waals surface area contributed by atoms with E-state index in [4.69, 9.17) is 16.1 Å². The second-order valence-corrected chi connectivity index (χ2v) is 14.7. The molecule has 5 aromatic rings. The summed E-state index contributed by atoms with van der Waals surface area (Å²) in [5.41, 5.74) is -1.87. The van der Waals surface area contributed by atoms with Gasteiger partial charge in [-0.25, -0.2) is 17.6 Å². The zero-order chi connectivity index (χ0) is 37.0. The standard InChI is InChI=1S/C38H33F6N7O2/c1-3-24-27(39)7-4-19-10-23(52)11-25(28(19)24)29-31(40)33-30(26-15-49(2)48-32(26)29)35(51-21-5-6-22(51)13-45-12-21)47-36(46-33)53-18-37(16-38(37,43)44)17-50-9-8-20(14-50)34(41)42/h1,4,7,10-11,15,21-22,45,52H,5-6,8-9,12-14,16-18H2,2H3/t21-,22+,37-/m1/s1. The maximum absolute atomic E-state index is 17.6. The Balaban J connectivity index is 1.24. The third-order valence-corrected chi connectivity index (χ3v) is 11.3. The van der Waals surface area contributed by atoms with Gasteiger partial charge in [-0.1, -0.05) is 12.0 Å². The first-order chi connectivity index (χ1) is 25.4. The van der Waals surface area contributed by atoms with Crippen molar-refractivity contribution >= 4 is 38.4 Å². The van der Waals surface area contributed by atoms with Crippen LogP contribution in [0.2, 0.25) is 0 Å². The molecular formula is C38H33F6N7O2. The van der Waals surface area contributed by atoms with E-state index in [2.05, 4.69) is 26.2 Å². The molecule has 2 aromatic heterocycles. The Morgan fingerprint density at radius 3 is 2.53 bits per heavy atom. The monoisotopic (exact) mass is 733 g/mol. The van der Waals surface area contributed by atoms with Gasteiger partial charge >= 0.3 is 6.01 Å². The van der Waals surface area contributed by atoms with Crippen LogP contribution in [0.3, 0.4) is 0 Å². The van der Waals surface area contributed by atoms with E-state index < -0.39 is 42.1 Å². The fourth-order valence-corrected chi connectivity index (χ4v) is 8.69. The Morgan fingerprint density at radius 1 is 1.09 bits per heavy atom. The number of alkyl halides is 2. The minimum absolute atomic E-state index is 0.00207. The number of nitrogens with one attached hydrogen (secondary N) is 1. The van der Waals surface area contributed by atoms with Crippen LogP contribution in [0, 0.1) is 29.4 Å². The fraction of sp³-hybridized carbons (Fsp3) is 0.395. The molecule has 0 spiro atoms. The van der Waals surface area contributed by atoms with E-state index in [1.54, 1.807) is 18.1 Å². The number of piperazine rings is 1. The van der Waals surface area contributed by atoms with Gasteiger partial charge in [0, 0.05) is 86.4 Å². The van der Waals surface area contributed by atoms with Gasteiger partial charge in [0.1, 0.15) is 35.0 Å². The lowest BCUT2D eigenvalue weighted by Crippen LogP contribution is -2.52. The molecule has 1 aliphatic carbocycles. The molecule has 3 atom stereocenters. The van der Waals surface area contributed by atoms with Crippen molar-refractivity contribution in [3.63, 3.8) is 0 Å². The van der Waals surface area contributed by atoms with E-state index >= 15 is 17.6 Å². The zero-order valence-corrected chi connectivity index (χ0v) is 28.5. The first-order valence-corrected chi connectivity index (χ1v) is 17.4. The first-order valence-electron chi connectivity index (χ1n) is 17.4. The van der Waals surface area contributed by atoms with Crippen molar-refractivity contribution in [3.05, 3.63) is 59.3 Å². The number of likely N-dealkylation sites (tertiary alicyclic amines) is 1. The van der Waals surface area contributed by atoms with E-state index in [0.29, 0.717) is 35.1 Å². The van der Waals surface area contributed by atoms with E-state index in [-0.39, 0.29) is 88.6 Å². The van der Waals surface area contributed by atoms with Crippen molar-refractivity contribution in [1.82, 2.24) is 30.0 Å². The van der Waals surface area contributed by atoms with Gasteiger partial charge in [0.25, 0.3) is 12.0 Å². The molecule has 53 heavy (non-hydrogen) atoms. The van der Waals surface area contributed by atoms with Gasteiger partial charge in [0.15, 0.2) is 5.82 Å². The van der Waals surface area contributed by atoms with Crippen LogP contribution in [-0.4, -0.2) is 87.1 Å². The summed E-state index contributed by atoms with van der Waals surface area (Å²) in [4.78, 5) is 13.0. The Kier molecular flexibility index (Phi) is 7.62. The van der Waals surface area contributed by atoms with Crippen molar-refractivity contribution in [3.8, 4) is 35.2 Å². The van der Waals surface area contributed by atoms with E-state index in [1.807, 2.05) is 0 Å². The highest BCUT2D eigenvalue weighted by Gasteiger charge is 2.72. The highest BCUT2D eigenvalue weighted by atomic mass is 19.3. The molecule has 1 saturated carbocycles. The third-order valence-electron chi connectivity index (χ3n) is 11.3. The highest BCUT2D eigenvalue weighted by molar-refractivity contribution is 6.18. The molecule has 15 heteroatoms. The van der Waals surface area contributed by atoms with E-state index in [1.165, 1.54) is 28.9 Å². The lowest BCUT2D eigenvalue weighted by Gasteiger charge is -2.37. The SMILES string of the molecule is C#Cc1c(F)ccc2cc(O)cc(-c3c(F)c4nc(OC[C@]5(CN6CCC(=C(F)F)C6)CC5(F)F)nc(N5[C@@H]6CC[C@H]5CNC6)c4c4cn(C)nc34)c12. The summed E-state index contributed by atoms with van der Waals surface area (Å²) in [5.74, 6) is -2.20. The smallest absolute Gasteiger partial charge is 0.319 e. The van der Waals surface area contributed by atoms with Gasteiger partial charge in [-0.2, -0.15) is 23.8 Å². The zero-order valence-electron chi connectivity index (χ0n) is 28.5. The molecule has 0 amide bonds. The largest absolute Gasteiger partial charge is 0.508 e. The molecule has 4 fully saturated rings. The van der Waals surface area contributed by atoms with Crippen LogP contribution in [0.1, 0.15) is 31.2 Å². The maximum Gasteiger partial charge on any atom is 0.319 e. The Labute approximate surface area is 299 Å². The van der Waals surface area contributed by atoms with Crippen molar-refractivity contribution in [1.29, 1.82) is 0 Å². The third kappa shape index (κ3) is 5.28. The van der Waals surface area contributed by atoms with Gasteiger partial charge in [-0.15, -0.1) is 6.42 Å². The number of aryl methyl sites for hydroxylation is 1. The molecule has 274 valence electrons. The molecule has 0 radical (unpaired) electrons. The van der Waals surface area contributed by atoms with Crippen LogP contribution in [-0.2, 0) is 7.05 Å². The number of halogens is 6. The van der Waals surface area contributed by atoms with E-state index in [9.17, 15) is 13.9 Å². The average Bonchev–Trinajstić information content (AvgIpc) is 3.52. The van der Waals surface area contributed by atoms with Gasteiger partial charge in [0.05, 0.1) is 16.4 Å². The average molecular weight is 734 g/mol. The number of rotatable bonds is 7. The van der Waals surface area contributed by atoms with Crippen molar-refractivity contribution in [2.24, 2.45) is 12.5 Å². The van der Waals surface area contributed by atoms with Crippen LogP contribution >= 0.6 is 0 Å². The number of nitrogens with zero attached hydrogens (tertiary/aromatic N) is 6. The number of phenols is 1.